The van der Waals surface area contributed by atoms with E-state index in [4.69, 9.17) is 11.5 Å². The SMILES string of the molecule is CN(C)c1ccc(F)c(C#CC2=CC(CN)=C(N)NC2)c1F. The topological polar surface area (TPSA) is 67.3 Å². The van der Waals surface area contributed by atoms with Gasteiger partial charge in [-0.1, -0.05) is 11.8 Å². The zero-order valence-electron chi connectivity index (χ0n) is 12.5. The molecule has 4 nitrogen and oxygen atoms in total. The molecule has 0 bridgehead atoms. The molecule has 0 radical (unpaired) electrons. The van der Waals surface area contributed by atoms with Gasteiger partial charge < -0.3 is 21.7 Å². The summed E-state index contributed by atoms with van der Waals surface area (Å²) in [5.74, 6) is 4.49. The molecule has 0 saturated heterocycles. The van der Waals surface area contributed by atoms with Gasteiger partial charge in [0.1, 0.15) is 11.6 Å². The van der Waals surface area contributed by atoms with Crippen LogP contribution in [0.3, 0.4) is 0 Å². The van der Waals surface area contributed by atoms with Crippen molar-refractivity contribution in [3.8, 4) is 11.8 Å². The predicted octanol–water partition coefficient (Wildman–Crippen LogP) is 1.04. The number of anilines is 1. The maximum absolute atomic E-state index is 14.3. The smallest absolute Gasteiger partial charge is 0.165 e. The lowest BCUT2D eigenvalue weighted by Crippen LogP contribution is -2.29. The average Bonchev–Trinajstić information content (AvgIpc) is 2.48. The van der Waals surface area contributed by atoms with E-state index in [-0.39, 0.29) is 17.8 Å². The first kappa shape index (κ1) is 15.9. The number of nitrogens with one attached hydrogen (secondary N) is 1. The van der Waals surface area contributed by atoms with Gasteiger partial charge in [0.15, 0.2) is 5.82 Å². The third kappa shape index (κ3) is 3.21. The lowest BCUT2D eigenvalue weighted by Gasteiger charge is -2.16. The molecule has 0 amide bonds. The molecule has 116 valence electrons. The second-order valence-electron chi connectivity index (χ2n) is 5.07. The van der Waals surface area contributed by atoms with Gasteiger partial charge in [-0.3, -0.25) is 0 Å². The molecule has 1 heterocycles. The minimum atomic E-state index is -0.686. The normalized spacial score (nSPS) is 14.0. The van der Waals surface area contributed by atoms with Crippen LogP contribution < -0.4 is 21.7 Å². The average molecular weight is 304 g/mol. The van der Waals surface area contributed by atoms with Gasteiger partial charge in [-0.15, -0.1) is 0 Å². The molecular formula is C16H18F2N4. The molecule has 1 aliphatic heterocycles. The summed E-state index contributed by atoms with van der Waals surface area (Å²) in [5.41, 5.74) is 12.7. The summed E-state index contributed by atoms with van der Waals surface area (Å²) < 4.78 is 28.1. The molecule has 6 heteroatoms. The second kappa shape index (κ2) is 6.50. The number of dihydropyridines is 1. The van der Waals surface area contributed by atoms with Crippen molar-refractivity contribution in [2.45, 2.75) is 0 Å². The van der Waals surface area contributed by atoms with E-state index >= 15 is 0 Å². The summed E-state index contributed by atoms with van der Waals surface area (Å²) in [6.45, 7) is 0.668. The monoisotopic (exact) mass is 304 g/mol. The fourth-order valence-electron chi connectivity index (χ4n) is 2.04. The molecule has 0 aromatic heterocycles. The highest BCUT2D eigenvalue weighted by Gasteiger charge is 2.13. The zero-order valence-corrected chi connectivity index (χ0v) is 12.5. The van der Waals surface area contributed by atoms with E-state index in [9.17, 15) is 8.78 Å². The lowest BCUT2D eigenvalue weighted by atomic mass is 10.1. The Labute approximate surface area is 128 Å². The molecule has 0 unspecified atom stereocenters. The third-order valence-corrected chi connectivity index (χ3v) is 3.28. The summed E-state index contributed by atoms with van der Waals surface area (Å²) in [6.07, 6.45) is 1.74. The molecule has 22 heavy (non-hydrogen) atoms. The van der Waals surface area contributed by atoms with Crippen LogP contribution in [-0.4, -0.2) is 27.2 Å². The Bertz CT molecular complexity index is 709. The molecule has 1 aromatic carbocycles. The highest BCUT2D eigenvalue weighted by atomic mass is 19.1. The van der Waals surface area contributed by atoms with E-state index in [1.54, 1.807) is 25.1 Å². The van der Waals surface area contributed by atoms with Crippen LogP contribution in [0.1, 0.15) is 5.56 Å². The Morgan fingerprint density at radius 2 is 2.00 bits per heavy atom. The van der Waals surface area contributed by atoms with Crippen LogP contribution in [0.2, 0.25) is 0 Å². The number of rotatable bonds is 2. The number of nitrogens with two attached hydrogens (primary N) is 2. The molecule has 0 aliphatic carbocycles. The Hall–Kier alpha value is -2.52. The van der Waals surface area contributed by atoms with Crippen molar-refractivity contribution in [2.24, 2.45) is 11.5 Å². The molecule has 0 spiro atoms. The van der Waals surface area contributed by atoms with Gasteiger partial charge in [0.25, 0.3) is 0 Å². The lowest BCUT2D eigenvalue weighted by molar-refractivity contribution is 0.577. The Morgan fingerprint density at radius 1 is 1.27 bits per heavy atom. The number of hydrogen-bond acceptors (Lipinski definition) is 4. The number of benzene rings is 1. The summed E-state index contributed by atoms with van der Waals surface area (Å²) in [6, 6.07) is 2.59. The second-order valence-corrected chi connectivity index (χ2v) is 5.07. The van der Waals surface area contributed by atoms with Gasteiger partial charge in [0.05, 0.1) is 11.3 Å². The first-order valence-electron chi connectivity index (χ1n) is 6.74. The van der Waals surface area contributed by atoms with E-state index in [1.165, 1.54) is 12.1 Å². The third-order valence-electron chi connectivity index (χ3n) is 3.28. The first-order valence-corrected chi connectivity index (χ1v) is 6.74. The van der Waals surface area contributed by atoms with E-state index in [0.717, 1.165) is 5.57 Å². The van der Waals surface area contributed by atoms with Gasteiger partial charge in [-0.05, 0) is 18.2 Å². The van der Waals surface area contributed by atoms with Crippen molar-refractivity contribution in [3.05, 3.63) is 52.4 Å². The fourth-order valence-corrected chi connectivity index (χ4v) is 2.04. The maximum atomic E-state index is 14.3. The van der Waals surface area contributed by atoms with Crippen LogP contribution in [0.15, 0.2) is 35.2 Å². The van der Waals surface area contributed by atoms with Crippen LogP contribution in [0.4, 0.5) is 14.5 Å². The molecule has 1 aromatic rings. The zero-order chi connectivity index (χ0) is 16.3. The van der Waals surface area contributed by atoms with Crippen molar-refractivity contribution < 1.29 is 8.78 Å². The molecule has 0 saturated carbocycles. The van der Waals surface area contributed by atoms with Crippen LogP contribution >= 0.6 is 0 Å². The molecule has 0 atom stereocenters. The fraction of sp³-hybridized carbons (Fsp3) is 0.250. The van der Waals surface area contributed by atoms with Crippen molar-refractivity contribution in [1.29, 1.82) is 0 Å². The van der Waals surface area contributed by atoms with Crippen LogP contribution in [0.25, 0.3) is 0 Å². The molecular weight excluding hydrogens is 286 g/mol. The van der Waals surface area contributed by atoms with E-state index in [1.807, 2.05) is 0 Å². The number of nitrogens with zero attached hydrogens (tertiary/aromatic N) is 1. The molecule has 5 N–H and O–H groups in total. The summed E-state index contributed by atoms with van der Waals surface area (Å²) in [4.78, 5) is 1.57. The highest BCUT2D eigenvalue weighted by Crippen LogP contribution is 2.22. The van der Waals surface area contributed by atoms with E-state index < -0.39 is 11.6 Å². The summed E-state index contributed by atoms with van der Waals surface area (Å²) in [5, 5.41) is 2.94. The van der Waals surface area contributed by atoms with Crippen LogP contribution in [0.5, 0.6) is 0 Å². The summed E-state index contributed by atoms with van der Waals surface area (Å²) in [7, 11) is 3.37. The van der Waals surface area contributed by atoms with Crippen molar-refractivity contribution in [2.75, 3.05) is 32.1 Å². The summed E-state index contributed by atoms with van der Waals surface area (Å²) >= 11 is 0. The number of halogens is 2. The minimum absolute atomic E-state index is 0.246. The van der Waals surface area contributed by atoms with Crippen molar-refractivity contribution in [1.82, 2.24) is 5.32 Å². The number of hydrogen-bond donors (Lipinski definition) is 3. The van der Waals surface area contributed by atoms with Crippen LogP contribution in [0, 0.1) is 23.5 Å². The Morgan fingerprint density at radius 3 is 2.64 bits per heavy atom. The Kier molecular flexibility index (Phi) is 4.68. The first-order chi connectivity index (χ1) is 10.4. The van der Waals surface area contributed by atoms with Crippen molar-refractivity contribution >= 4 is 5.69 Å². The quantitative estimate of drug-likeness (QED) is 0.714. The van der Waals surface area contributed by atoms with Gasteiger partial charge in [-0.2, -0.15) is 0 Å². The van der Waals surface area contributed by atoms with Gasteiger partial charge >= 0.3 is 0 Å². The molecule has 0 fully saturated rings. The predicted molar refractivity (Wildman–Crippen MR) is 83.9 cm³/mol. The van der Waals surface area contributed by atoms with Crippen molar-refractivity contribution in [3.63, 3.8) is 0 Å². The minimum Gasteiger partial charge on any atom is -0.385 e. The largest absolute Gasteiger partial charge is 0.385 e. The maximum Gasteiger partial charge on any atom is 0.165 e. The van der Waals surface area contributed by atoms with Gasteiger partial charge in [0.2, 0.25) is 0 Å². The molecule has 1 aliphatic rings. The van der Waals surface area contributed by atoms with E-state index in [0.29, 0.717) is 17.9 Å². The van der Waals surface area contributed by atoms with Gasteiger partial charge in [-0.25, -0.2) is 8.78 Å². The van der Waals surface area contributed by atoms with E-state index in [2.05, 4.69) is 17.2 Å². The Balaban J connectivity index is 2.39. The highest BCUT2D eigenvalue weighted by molar-refractivity contribution is 5.55. The molecule has 2 rings (SSSR count). The standard InChI is InChI=1S/C16H18F2N4/c1-22(2)14-6-5-13(17)12(15(14)18)4-3-10-7-11(8-19)16(20)21-9-10/h5-7,21H,8-9,19-20H2,1-2H3. The van der Waals surface area contributed by atoms with Crippen LogP contribution in [-0.2, 0) is 0 Å². The van der Waals surface area contributed by atoms with Gasteiger partial charge in [0, 0.05) is 38.3 Å².